The maximum Gasteiger partial charge on any atom is 0.324 e. The van der Waals surface area contributed by atoms with E-state index >= 15 is 0 Å². The third-order valence-electron chi connectivity index (χ3n) is 1.71. The highest BCUT2D eigenvalue weighted by molar-refractivity contribution is 7.87. The number of carbonyl (C=O) groups is 1. The zero-order valence-corrected chi connectivity index (χ0v) is 10.3. The number of rotatable bonds is 7. The van der Waals surface area contributed by atoms with E-state index in [9.17, 15) is 13.2 Å². The maximum absolute atomic E-state index is 11.4. The average Bonchev–Trinajstić information content (AvgIpc) is 2.10. The molecule has 0 saturated carbocycles. The largest absolute Gasteiger partial charge is 0.480 e. The van der Waals surface area contributed by atoms with Gasteiger partial charge in [-0.1, -0.05) is 13.8 Å². The summed E-state index contributed by atoms with van der Waals surface area (Å²) in [4.78, 5) is 10.6. The van der Waals surface area contributed by atoms with Crippen molar-refractivity contribution in [1.82, 2.24) is 9.44 Å². The molecular formula is C8H18N2O5S. The van der Waals surface area contributed by atoms with Crippen molar-refractivity contribution in [3.8, 4) is 0 Å². The number of carboxylic acids is 1. The van der Waals surface area contributed by atoms with E-state index in [4.69, 9.17) is 10.2 Å². The van der Waals surface area contributed by atoms with Crippen molar-refractivity contribution < 1.29 is 23.4 Å². The Bertz CT molecular complexity index is 325. The molecule has 0 bridgehead atoms. The van der Waals surface area contributed by atoms with E-state index in [1.807, 2.05) is 18.6 Å². The number of hydrogen-bond donors (Lipinski definition) is 4. The predicted molar refractivity (Wildman–Crippen MR) is 58.0 cm³/mol. The van der Waals surface area contributed by atoms with E-state index in [-0.39, 0.29) is 12.5 Å². The van der Waals surface area contributed by atoms with Gasteiger partial charge < -0.3 is 10.2 Å². The van der Waals surface area contributed by atoms with Crippen LogP contribution in [-0.2, 0) is 15.0 Å². The molecule has 0 radical (unpaired) electrons. The summed E-state index contributed by atoms with van der Waals surface area (Å²) in [6.45, 7) is 5.02. The van der Waals surface area contributed by atoms with Gasteiger partial charge in [0, 0.05) is 6.54 Å². The molecule has 0 aliphatic rings. The van der Waals surface area contributed by atoms with E-state index in [1.54, 1.807) is 0 Å². The summed E-state index contributed by atoms with van der Waals surface area (Å²) in [7, 11) is -3.91. The number of aliphatic hydroxyl groups excluding tert-OH is 1. The molecule has 0 amide bonds. The lowest BCUT2D eigenvalue weighted by molar-refractivity contribution is -0.141. The van der Waals surface area contributed by atoms with Crippen molar-refractivity contribution in [2.24, 2.45) is 5.92 Å². The summed E-state index contributed by atoms with van der Waals surface area (Å²) in [5.74, 6) is -1.32. The van der Waals surface area contributed by atoms with Crippen molar-refractivity contribution in [1.29, 1.82) is 0 Å². The van der Waals surface area contributed by atoms with Crippen LogP contribution >= 0.6 is 0 Å². The van der Waals surface area contributed by atoms with Gasteiger partial charge in [-0.25, -0.2) is 4.72 Å². The fraction of sp³-hybridized carbons (Fsp3) is 0.875. The van der Waals surface area contributed by atoms with Crippen LogP contribution in [-0.4, -0.2) is 43.3 Å². The van der Waals surface area contributed by atoms with Crippen LogP contribution in [0.15, 0.2) is 0 Å². The van der Waals surface area contributed by atoms with Gasteiger partial charge in [0.1, 0.15) is 6.04 Å². The first kappa shape index (κ1) is 15.3. The summed E-state index contributed by atoms with van der Waals surface area (Å²) >= 11 is 0. The van der Waals surface area contributed by atoms with Gasteiger partial charge in [-0.05, 0) is 12.8 Å². The van der Waals surface area contributed by atoms with E-state index in [0.717, 1.165) is 0 Å². The van der Waals surface area contributed by atoms with E-state index in [2.05, 4.69) is 4.72 Å². The standard InChI is InChI=1S/C8H18N2O5S/c1-5(2)4-9-16(14,15)10-7(6(3)11)8(12)13/h5-7,9-11H,4H2,1-3H3,(H,12,13). The van der Waals surface area contributed by atoms with E-state index in [0.29, 0.717) is 0 Å². The Morgan fingerprint density at radius 2 is 1.81 bits per heavy atom. The fourth-order valence-corrected chi connectivity index (χ4v) is 2.11. The summed E-state index contributed by atoms with van der Waals surface area (Å²) in [6.07, 6.45) is -1.31. The number of nitrogens with one attached hydrogen (secondary N) is 2. The Balaban J connectivity index is 4.49. The zero-order chi connectivity index (χ0) is 12.9. The maximum atomic E-state index is 11.4. The first-order valence-corrected chi connectivity index (χ1v) is 6.32. The van der Waals surface area contributed by atoms with Crippen LogP contribution in [0.4, 0.5) is 0 Å². The Labute approximate surface area is 95.0 Å². The average molecular weight is 254 g/mol. The molecule has 16 heavy (non-hydrogen) atoms. The predicted octanol–water partition coefficient (Wildman–Crippen LogP) is -1.10. The zero-order valence-electron chi connectivity index (χ0n) is 9.47. The topological polar surface area (TPSA) is 116 Å². The van der Waals surface area contributed by atoms with Gasteiger partial charge in [-0.15, -0.1) is 0 Å². The molecule has 0 rings (SSSR count). The van der Waals surface area contributed by atoms with Crippen LogP contribution in [0, 0.1) is 5.92 Å². The van der Waals surface area contributed by atoms with Crippen molar-refractivity contribution in [3.63, 3.8) is 0 Å². The number of hydrogen-bond acceptors (Lipinski definition) is 4. The van der Waals surface area contributed by atoms with Crippen molar-refractivity contribution in [2.75, 3.05) is 6.54 Å². The first-order chi connectivity index (χ1) is 7.15. The van der Waals surface area contributed by atoms with Gasteiger partial charge in [-0.3, -0.25) is 4.79 Å². The molecule has 0 aromatic carbocycles. The smallest absolute Gasteiger partial charge is 0.324 e. The third-order valence-corrected chi connectivity index (χ3v) is 2.82. The molecule has 0 aliphatic carbocycles. The van der Waals surface area contributed by atoms with Crippen LogP contribution in [0.25, 0.3) is 0 Å². The molecule has 2 unspecified atom stereocenters. The van der Waals surface area contributed by atoms with Crippen LogP contribution < -0.4 is 9.44 Å². The minimum Gasteiger partial charge on any atom is -0.480 e. The summed E-state index contributed by atoms with van der Waals surface area (Å²) in [5, 5.41) is 17.8. The number of aliphatic carboxylic acids is 1. The summed E-state index contributed by atoms with van der Waals surface area (Å²) in [6, 6.07) is -1.55. The molecule has 0 aromatic heterocycles. The first-order valence-electron chi connectivity index (χ1n) is 4.83. The van der Waals surface area contributed by atoms with Crippen molar-refractivity contribution in [2.45, 2.75) is 32.9 Å². The quantitative estimate of drug-likeness (QED) is 0.460. The van der Waals surface area contributed by atoms with E-state index in [1.165, 1.54) is 6.92 Å². The number of aliphatic hydroxyl groups is 1. The third kappa shape index (κ3) is 6.01. The Hall–Kier alpha value is -0.700. The highest BCUT2D eigenvalue weighted by atomic mass is 32.2. The van der Waals surface area contributed by atoms with Gasteiger partial charge in [-0.2, -0.15) is 13.1 Å². The van der Waals surface area contributed by atoms with Gasteiger partial charge in [0.05, 0.1) is 6.10 Å². The molecule has 96 valence electrons. The summed E-state index contributed by atoms with van der Waals surface area (Å²) in [5.41, 5.74) is 0. The highest BCUT2D eigenvalue weighted by Gasteiger charge is 2.27. The second-order valence-corrected chi connectivity index (χ2v) is 5.45. The van der Waals surface area contributed by atoms with Gasteiger partial charge in [0.25, 0.3) is 10.2 Å². The van der Waals surface area contributed by atoms with Crippen molar-refractivity contribution >= 4 is 16.2 Å². The SMILES string of the molecule is CC(C)CNS(=O)(=O)NC(C(=O)O)C(C)O. The molecule has 0 saturated heterocycles. The van der Waals surface area contributed by atoms with Gasteiger partial charge >= 0.3 is 5.97 Å². The highest BCUT2D eigenvalue weighted by Crippen LogP contribution is 1.96. The summed E-state index contributed by atoms with van der Waals surface area (Å²) < 4.78 is 26.8. The number of carboxylic acid groups (broad SMARTS) is 1. The molecule has 0 fully saturated rings. The molecule has 0 heterocycles. The molecule has 0 spiro atoms. The van der Waals surface area contributed by atoms with Crippen LogP contribution in [0.1, 0.15) is 20.8 Å². The Morgan fingerprint density at radius 1 is 1.31 bits per heavy atom. The molecule has 2 atom stereocenters. The fourth-order valence-electron chi connectivity index (χ4n) is 0.840. The van der Waals surface area contributed by atoms with Crippen LogP contribution in [0.2, 0.25) is 0 Å². The molecule has 4 N–H and O–H groups in total. The molecule has 0 aromatic rings. The molecular weight excluding hydrogens is 236 g/mol. The second kappa shape index (κ2) is 6.14. The normalized spacial score (nSPS) is 16.1. The Morgan fingerprint density at radius 3 is 2.12 bits per heavy atom. The molecule has 7 nitrogen and oxygen atoms in total. The van der Waals surface area contributed by atoms with Gasteiger partial charge in [0.15, 0.2) is 0 Å². The van der Waals surface area contributed by atoms with Crippen molar-refractivity contribution in [3.05, 3.63) is 0 Å². The lowest BCUT2D eigenvalue weighted by atomic mass is 10.2. The second-order valence-electron chi connectivity index (χ2n) is 3.92. The van der Waals surface area contributed by atoms with Gasteiger partial charge in [0.2, 0.25) is 0 Å². The Kier molecular flexibility index (Phi) is 5.87. The van der Waals surface area contributed by atoms with Crippen LogP contribution in [0.3, 0.4) is 0 Å². The minimum atomic E-state index is -3.91. The molecule has 0 aliphatic heterocycles. The van der Waals surface area contributed by atoms with Crippen LogP contribution in [0.5, 0.6) is 0 Å². The minimum absolute atomic E-state index is 0.103. The monoisotopic (exact) mass is 254 g/mol. The lowest BCUT2D eigenvalue weighted by Gasteiger charge is -2.17. The molecule has 8 heteroatoms. The van der Waals surface area contributed by atoms with E-state index < -0.39 is 28.3 Å². The lowest BCUT2D eigenvalue weighted by Crippen LogP contribution is -2.51.